The smallest absolute Gasteiger partial charge is 0.154 e. The van der Waals surface area contributed by atoms with E-state index in [-0.39, 0.29) is 5.41 Å². The highest BCUT2D eigenvalue weighted by atomic mass is 79.9. The lowest BCUT2D eigenvalue weighted by Crippen LogP contribution is -2.16. The van der Waals surface area contributed by atoms with Crippen LogP contribution in [0, 0.1) is 0 Å². The van der Waals surface area contributed by atoms with Gasteiger partial charge in [0.05, 0.1) is 16.6 Å². The molecule has 0 bridgehead atoms. The molecule has 0 spiro atoms. The molecule has 104 valence electrons. The second kappa shape index (κ2) is 5.28. The number of hydrogen-bond donors (Lipinski definition) is 1. The van der Waals surface area contributed by atoms with Crippen molar-refractivity contribution >= 4 is 50.1 Å². The lowest BCUT2D eigenvalue weighted by atomic mass is 9.84. The molecule has 0 fully saturated rings. The Labute approximate surface area is 131 Å². The molecule has 0 atom stereocenters. The molecule has 0 saturated heterocycles. The average Bonchev–Trinajstić information content (AvgIpc) is 2.66. The first kappa shape index (κ1) is 15.2. The highest BCUT2D eigenvalue weighted by Crippen LogP contribution is 2.44. The minimum Gasteiger partial charge on any atom is -0.458 e. The summed E-state index contributed by atoms with van der Waals surface area (Å²) in [6.45, 7) is 7.07. The van der Waals surface area contributed by atoms with Crippen LogP contribution in [-0.4, -0.2) is 7.05 Å². The monoisotopic (exact) mass is 363 g/mol. The molecule has 0 unspecified atom stereocenters. The van der Waals surface area contributed by atoms with E-state index in [9.17, 15) is 0 Å². The van der Waals surface area contributed by atoms with E-state index in [4.69, 9.17) is 27.6 Å². The van der Waals surface area contributed by atoms with Crippen molar-refractivity contribution in [1.29, 1.82) is 0 Å². The zero-order valence-electron chi connectivity index (χ0n) is 11.3. The number of halogens is 3. The van der Waals surface area contributed by atoms with Crippen LogP contribution in [-0.2, 0) is 12.0 Å². The van der Waals surface area contributed by atoms with Gasteiger partial charge in [-0.2, -0.15) is 0 Å². The van der Waals surface area contributed by atoms with E-state index in [1.807, 2.05) is 7.05 Å². The summed E-state index contributed by atoms with van der Waals surface area (Å²) in [7, 11) is 1.89. The molecule has 0 aliphatic carbocycles. The van der Waals surface area contributed by atoms with Crippen LogP contribution >= 0.6 is 39.1 Å². The molecule has 2 rings (SSSR count). The van der Waals surface area contributed by atoms with Crippen LogP contribution in [0.5, 0.6) is 0 Å². The van der Waals surface area contributed by atoms with Gasteiger partial charge in [-0.05, 0) is 34.5 Å². The van der Waals surface area contributed by atoms with Crippen molar-refractivity contribution in [2.75, 3.05) is 7.05 Å². The van der Waals surface area contributed by atoms with E-state index >= 15 is 0 Å². The summed E-state index contributed by atoms with van der Waals surface area (Å²) in [5.41, 5.74) is 1.68. The molecule has 19 heavy (non-hydrogen) atoms. The molecule has 2 nitrogen and oxygen atoms in total. The molecule has 1 aromatic heterocycles. The van der Waals surface area contributed by atoms with Crippen molar-refractivity contribution in [1.82, 2.24) is 5.32 Å². The van der Waals surface area contributed by atoms with Crippen molar-refractivity contribution < 1.29 is 4.42 Å². The van der Waals surface area contributed by atoms with Crippen LogP contribution in [0.2, 0.25) is 10.0 Å². The first-order valence-corrected chi connectivity index (χ1v) is 7.56. The molecule has 0 radical (unpaired) electrons. The molecule has 0 aliphatic rings. The minimum absolute atomic E-state index is 0.0782. The highest BCUT2D eigenvalue weighted by Gasteiger charge is 2.28. The average molecular weight is 365 g/mol. The first-order chi connectivity index (χ1) is 8.77. The number of fused-ring (bicyclic) bond motifs is 1. The normalized spacial score (nSPS) is 12.4. The van der Waals surface area contributed by atoms with Crippen LogP contribution in [0.4, 0.5) is 0 Å². The summed E-state index contributed by atoms with van der Waals surface area (Å²) in [5, 5.41) is 5.24. The lowest BCUT2D eigenvalue weighted by Gasteiger charge is -2.19. The number of nitrogens with one attached hydrogen (secondary N) is 1. The summed E-state index contributed by atoms with van der Waals surface area (Å²) in [5.74, 6) is 0.881. The fourth-order valence-corrected chi connectivity index (χ4v) is 3.33. The third kappa shape index (κ3) is 2.66. The Balaban J connectivity index is 2.91. The third-order valence-electron chi connectivity index (χ3n) is 2.97. The second-order valence-corrected chi connectivity index (χ2v) is 7.18. The summed E-state index contributed by atoms with van der Waals surface area (Å²) >= 11 is 16.1. The number of benzene rings is 1. The minimum atomic E-state index is -0.0782. The van der Waals surface area contributed by atoms with Gasteiger partial charge < -0.3 is 9.73 Å². The van der Waals surface area contributed by atoms with E-state index in [2.05, 4.69) is 42.0 Å². The molecule has 1 aromatic carbocycles. The summed E-state index contributed by atoms with van der Waals surface area (Å²) in [6.07, 6.45) is 0. The van der Waals surface area contributed by atoms with Crippen molar-refractivity contribution in [2.24, 2.45) is 0 Å². The van der Waals surface area contributed by atoms with E-state index in [0.717, 1.165) is 21.2 Å². The van der Waals surface area contributed by atoms with Crippen LogP contribution in [0.25, 0.3) is 11.0 Å². The van der Waals surface area contributed by atoms with Crippen LogP contribution in [0.3, 0.4) is 0 Å². The Hall–Kier alpha value is -0.220. The Morgan fingerprint density at radius 1 is 1.32 bits per heavy atom. The topological polar surface area (TPSA) is 25.2 Å². The molecule has 2 aromatic rings. The quantitative estimate of drug-likeness (QED) is 0.709. The zero-order valence-corrected chi connectivity index (χ0v) is 14.4. The molecular formula is C14H16BrCl2NO. The van der Waals surface area contributed by atoms with Crippen molar-refractivity contribution in [2.45, 2.75) is 32.7 Å². The van der Waals surface area contributed by atoms with Gasteiger partial charge in [0.15, 0.2) is 5.58 Å². The van der Waals surface area contributed by atoms with Gasteiger partial charge in [0, 0.05) is 15.4 Å². The largest absolute Gasteiger partial charge is 0.458 e. The Morgan fingerprint density at radius 3 is 2.47 bits per heavy atom. The van der Waals surface area contributed by atoms with Gasteiger partial charge in [-0.3, -0.25) is 0 Å². The second-order valence-electron chi connectivity index (χ2n) is 5.54. The molecule has 5 heteroatoms. The van der Waals surface area contributed by atoms with E-state index in [1.165, 1.54) is 0 Å². The fourth-order valence-electron chi connectivity index (χ4n) is 2.29. The van der Waals surface area contributed by atoms with Crippen LogP contribution < -0.4 is 5.32 Å². The van der Waals surface area contributed by atoms with Crippen molar-refractivity contribution in [3.63, 3.8) is 0 Å². The van der Waals surface area contributed by atoms with E-state index in [0.29, 0.717) is 22.2 Å². The summed E-state index contributed by atoms with van der Waals surface area (Å²) < 4.78 is 6.72. The predicted molar refractivity (Wildman–Crippen MR) is 85.4 cm³/mol. The van der Waals surface area contributed by atoms with E-state index < -0.39 is 0 Å². The maximum absolute atomic E-state index is 6.44. The predicted octanol–water partition coefficient (Wildman–Crippen LogP) is 5.52. The molecule has 1 heterocycles. The van der Waals surface area contributed by atoms with Gasteiger partial charge >= 0.3 is 0 Å². The van der Waals surface area contributed by atoms with Crippen LogP contribution in [0.1, 0.15) is 32.1 Å². The number of hydrogen-bond acceptors (Lipinski definition) is 2. The fraction of sp³-hybridized carbons (Fsp3) is 0.429. The van der Waals surface area contributed by atoms with Gasteiger partial charge in [0.25, 0.3) is 0 Å². The SMILES string of the molecule is CNCc1oc2c(Cl)cc(Br)c(Cl)c2c1C(C)(C)C. The van der Waals surface area contributed by atoms with E-state index in [1.54, 1.807) is 6.07 Å². The standard InChI is InChI=1S/C14H16BrCl2NO/c1-14(2,3)11-9(6-18-4)19-13-8(16)5-7(15)12(17)10(11)13/h5,18H,6H2,1-4H3. The molecule has 1 N–H and O–H groups in total. The third-order valence-corrected chi connectivity index (χ3v) is 4.50. The zero-order chi connectivity index (χ0) is 14.4. The summed E-state index contributed by atoms with van der Waals surface area (Å²) in [4.78, 5) is 0. The Morgan fingerprint density at radius 2 is 1.95 bits per heavy atom. The molecule has 0 saturated carbocycles. The first-order valence-electron chi connectivity index (χ1n) is 6.01. The Bertz CT molecular complexity index is 629. The molecule has 0 aliphatic heterocycles. The Kier molecular flexibility index (Phi) is 4.22. The molecule has 0 amide bonds. The number of furan rings is 1. The summed E-state index contributed by atoms with van der Waals surface area (Å²) in [6, 6.07) is 1.77. The lowest BCUT2D eigenvalue weighted by molar-refractivity contribution is 0.495. The van der Waals surface area contributed by atoms with Gasteiger partial charge in [-0.1, -0.05) is 44.0 Å². The highest BCUT2D eigenvalue weighted by molar-refractivity contribution is 9.10. The van der Waals surface area contributed by atoms with Crippen molar-refractivity contribution in [3.05, 3.63) is 31.9 Å². The maximum Gasteiger partial charge on any atom is 0.154 e. The van der Waals surface area contributed by atoms with Gasteiger partial charge in [-0.15, -0.1) is 0 Å². The maximum atomic E-state index is 6.44. The van der Waals surface area contributed by atoms with Crippen LogP contribution in [0.15, 0.2) is 15.0 Å². The van der Waals surface area contributed by atoms with Gasteiger partial charge in [-0.25, -0.2) is 0 Å². The van der Waals surface area contributed by atoms with Gasteiger partial charge in [0.2, 0.25) is 0 Å². The number of rotatable bonds is 2. The van der Waals surface area contributed by atoms with Crippen molar-refractivity contribution in [3.8, 4) is 0 Å². The van der Waals surface area contributed by atoms with Gasteiger partial charge in [0.1, 0.15) is 5.76 Å². The molecular weight excluding hydrogens is 349 g/mol.